The summed E-state index contributed by atoms with van der Waals surface area (Å²) >= 11 is 0. The van der Waals surface area contributed by atoms with Gasteiger partial charge in [-0.1, -0.05) is 6.07 Å². The fourth-order valence-corrected chi connectivity index (χ4v) is 4.70. The van der Waals surface area contributed by atoms with Crippen LogP contribution in [0, 0.1) is 19.8 Å². The van der Waals surface area contributed by atoms with Crippen LogP contribution in [-0.2, 0) is 11.2 Å². The normalized spacial score (nSPS) is 23.4. The van der Waals surface area contributed by atoms with Gasteiger partial charge in [0.15, 0.2) is 0 Å². The zero-order valence-electron chi connectivity index (χ0n) is 16.0. The summed E-state index contributed by atoms with van der Waals surface area (Å²) in [7, 11) is 0. The second kappa shape index (κ2) is 7.01. The molecule has 0 radical (unpaired) electrons. The van der Waals surface area contributed by atoms with Crippen LogP contribution in [0.1, 0.15) is 41.2 Å². The first-order valence-corrected chi connectivity index (χ1v) is 9.55. The quantitative estimate of drug-likeness (QED) is 0.790. The molecular formula is C20H24N4O4. The van der Waals surface area contributed by atoms with Gasteiger partial charge in [0.05, 0.1) is 19.1 Å². The van der Waals surface area contributed by atoms with Crippen molar-refractivity contribution in [1.29, 1.82) is 0 Å². The van der Waals surface area contributed by atoms with E-state index in [0.717, 1.165) is 12.1 Å². The molecule has 8 nitrogen and oxygen atoms in total. The Morgan fingerprint density at radius 1 is 1.29 bits per heavy atom. The molecule has 1 fully saturated rings. The third kappa shape index (κ3) is 3.07. The number of aryl methyl sites for hydroxylation is 2. The van der Waals surface area contributed by atoms with Gasteiger partial charge < -0.3 is 19.6 Å². The molecule has 0 unspecified atom stereocenters. The van der Waals surface area contributed by atoms with Crippen LogP contribution < -0.4 is 11.1 Å². The van der Waals surface area contributed by atoms with Gasteiger partial charge in [-0.2, -0.15) is 0 Å². The number of fused-ring (bicyclic) bond motifs is 4. The zero-order chi connectivity index (χ0) is 20.0. The third-order valence-corrected chi connectivity index (χ3v) is 6.01. The Labute approximate surface area is 161 Å². The lowest BCUT2D eigenvalue weighted by Crippen LogP contribution is -2.52. The molecule has 0 aliphatic carbocycles. The van der Waals surface area contributed by atoms with Crippen molar-refractivity contribution in [2.45, 2.75) is 38.6 Å². The van der Waals surface area contributed by atoms with E-state index in [9.17, 15) is 19.5 Å². The Kier molecular flexibility index (Phi) is 4.66. The number of piperidine rings is 1. The van der Waals surface area contributed by atoms with Crippen LogP contribution in [0.5, 0.6) is 0 Å². The molecule has 4 heterocycles. The van der Waals surface area contributed by atoms with E-state index in [-0.39, 0.29) is 47.9 Å². The van der Waals surface area contributed by atoms with Crippen molar-refractivity contribution in [2.75, 3.05) is 19.7 Å². The SMILES string of the molecule is Cc1nc(C)c(CC(=O)N2C[C@H]3C[C@@H](C2)[C@H](CO)n2c3cccc2=O)c(=O)[nH]1. The highest BCUT2D eigenvalue weighted by Gasteiger charge is 2.41. The summed E-state index contributed by atoms with van der Waals surface area (Å²) in [6, 6.07) is 4.80. The van der Waals surface area contributed by atoms with E-state index in [1.807, 2.05) is 6.07 Å². The number of amides is 1. The number of carbonyl (C=O) groups excluding carboxylic acids is 1. The maximum Gasteiger partial charge on any atom is 0.254 e. The average molecular weight is 384 g/mol. The number of hydrogen-bond donors (Lipinski definition) is 2. The molecule has 8 heteroatoms. The molecule has 0 saturated carbocycles. The van der Waals surface area contributed by atoms with E-state index < -0.39 is 0 Å². The third-order valence-electron chi connectivity index (χ3n) is 6.01. The first-order valence-electron chi connectivity index (χ1n) is 9.55. The second-order valence-electron chi connectivity index (χ2n) is 7.79. The predicted molar refractivity (Wildman–Crippen MR) is 102 cm³/mol. The summed E-state index contributed by atoms with van der Waals surface area (Å²) in [6.45, 7) is 4.28. The molecule has 2 aliphatic heterocycles. The van der Waals surface area contributed by atoms with Gasteiger partial charge in [0.1, 0.15) is 5.82 Å². The van der Waals surface area contributed by atoms with Crippen molar-refractivity contribution in [3.63, 3.8) is 0 Å². The van der Waals surface area contributed by atoms with Crippen LogP contribution in [0.3, 0.4) is 0 Å². The van der Waals surface area contributed by atoms with Crippen molar-refractivity contribution in [2.24, 2.45) is 5.92 Å². The van der Waals surface area contributed by atoms with E-state index in [1.54, 1.807) is 29.4 Å². The van der Waals surface area contributed by atoms with Crippen LogP contribution in [0.15, 0.2) is 27.8 Å². The molecule has 2 N–H and O–H groups in total. The minimum absolute atomic E-state index is 0.000721. The standard InChI is InChI=1S/C20H24N4O4/c1-11-15(20(28)22-12(2)21-11)7-19(27)23-8-13-6-14(9-23)17(10-25)24-16(13)4-3-5-18(24)26/h3-5,13-14,17,25H,6-10H2,1-2H3,(H,21,22,28)/t13-,14+,17+/m1/s1. The Morgan fingerprint density at radius 2 is 2.07 bits per heavy atom. The number of carbonyl (C=O) groups is 1. The number of H-pyrrole nitrogens is 1. The molecule has 0 aromatic carbocycles. The monoisotopic (exact) mass is 384 g/mol. The molecule has 2 aromatic heterocycles. The van der Waals surface area contributed by atoms with Crippen LogP contribution in [0.4, 0.5) is 0 Å². The van der Waals surface area contributed by atoms with Crippen molar-refractivity contribution in [1.82, 2.24) is 19.4 Å². The minimum Gasteiger partial charge on any atom is -0.394 e. The number of rotatable bonds is 3. The molecule has 148 valence electrons. The molecule has 4 rings (SSSR count). The number of hydrogen-bond acceptors (Lipinski definition) is 5. The van der Waals surface area contributed by atoms with E-state index in [0.29, 0.717) is 30.2 Å². The maximum absolute atomic E-state index is 13.0. The van der Waals surface area contributed by atoms with E-state index in [4.69, 9.17) is 0 Å². The van der Waals surface area contributed by atoms with Crippen LogP contribution in [-0.4, -0.2) is 50.1 Å². The van der Waals surface area contributed by atoms with E-state index >= 15 is 0 Å². The summed E-state index contributed by atoms with van der Waals surface area (Å²) in [6.07, 6.45) is 0.837. The number of aliphatic hydroxyl groups is 1. The Morgan fingerprint density at radius 3 is 2.79 bits per heavy atom. The Bertz CT molecular complexity index is 1040. The van der Waals surface area contributed by atoms with Gasteiger partial charge in [0.25, 0.3) is 11.1 Å². The summed E-state index contributed by atoms with van der Waals surface area (Å²) in [5.41, 5.74) is 1.43. The van der Waals surface area contributed by atoms with Crippen LogP contribution in [0.25, 0.3) is 0 Å². The summed E-state index contributed by atoms with van der Waals surface area (Å²) in [5, 5.41) is 9.92. The number of aliphatic hydroxyl groups excluding tert-OH is 1. The molecule has 3 atom stereocenters. The first kappa shape index (κ1) is 18.6. The fraction of sp³-hybridized carbons (Fsp3) is 0.500. The minimum atomic E-state index is -0.332. The number of nitrogens with one attached hydrogen (secondary N) is 1. The van der Waals surface area contributed by atoms with E-state index in [1.165, 1.54) is 6.07 Å². The average Bonchev–Trinajstić information content (AvgIpc) is 2.65. The molecule has 1 amide bonds. The molecule has 2 bridgehead atoms. The van der Waals surface area contributed by atoms with Crippen molar-refractivity contribution < 1.29 is 9.90 Å². The lowest BCUT2D eigenvalue weighted by Gasteiger charge is -2.46. The van der Waals surface area contributed by atoms with Crippen LogP contribution >= 0.6 is 0 Å². The molecule has 28 heavy (non-hydrogen) atoms. The molecule has 2 aliphatic rings. The number of pyridine rings is 1. The number of aromatic nitrogens is 3. The van der Waals surface area contributed by atoms with Crippen molar-refractivity contribution >= 4 is 5.91 Å². The highest BCUT2D eigenvalue weighted by Crippen LogP contribution is 2.40. The van der Waals surface area contributed by atoms with Crippen molar-refractivity contribution in [3.05, 3.63) is 61.7 Å². The zero-order valence-corrected chi connectivity index (χ0v) is 16.0. The highest BCUT2D eigenvalue weighted by molar-refractivity contribution is 5.79. The topological polar surface area (TPSA) is 108 Å². The second-order valence-corrected chi connectivity index (χ2v) is 7.79. The molecule has 0 spiro atoms. The summed E-state index contributed by atoms with van der Waals surface area (Å²) in [5.74, 6) is 0.460. The maximum atomic E-state index is 13.0. The smallest absolute Gasteiger partial charge is 0.254 e. The molecule has 2 aromatic rings. The van der Waals surface area contributed by atoms with Crippen molar-refractivity contribution in [3.8, 4) is 0 Å². The molecule has 1 saturated heterocycles. The van der Waals surface area contributed by atoms with Gasteiger partial charge in [-0.3, -0.25) is 14.4 Å². The van der Waals surface area contributed by atoms with E-state index in [2.05, 4.69) is 9.97 Å². The van der Waals surface area contributed by atoms with Crippen LogP contribution in [0.2, 0.25) is 0 Å². The van der Waals surface area contributed by atoms with Gasteiger partial charge in [-0.15, -0.1) is 0 Å². The largest absolute Gasteiger partial charge is 0.394 e. The highest BCUT2D eigenvalue weighted by atomic mass is 16.3. The number of likely N-dealkylation sites (tertiary alicyclic amines) is 1. The van der Waals surface area contributed by atoms with Gasteiger partial charge in [-0.05, 0) is 26.3 Å². The summed E-state index contributed by atoms with van der Waals surface area (Å²) in [4.78, 5) is 46.2. The van der Waals surface area contributed by atoms with Gasteiger partial charge in [0.2, 0.25) is 5.91 Å². The van der Waals surface area contributed by atoms with Gasteiger partial charge in [-0.25, -0.2) is 4.98 Å². The number of nitrogens with zero attached hydrogens (tertiary/aromatic N) is 3. The predicted octanol–water partition coefficient (Wildman–Crippen LogP) is 0.270. The first-order chi connectivity index (χ1) is 13.4. The van der Waals surface area contributed by atoms with Gasteiger partial charge in [0, 0.05) is 47.9 Å². The Balaban J connectivity index is 1.62. The lowest BCUT2D eigenvalue weighted by atomic mass is 9.78. The lowest BCUT2D eigenvalue weighted by molar-refractivity contribution is -0.133. The number of aromatic amines is 1. The fourth-order valence-electron chi connectivity index (χ4n) is 4.70. The molecular weight excluding hydrogens is 360 g/mol. The summed E-state index contributed by atoms with van der Waals surface area (Å²) < 4.78 is 1.69. The Hall–Kier alpha value is -2.74. The van der Waals surface area contributed by atoms with Gasteiger partial charge >= 0.3 is 0 Å².